The molecular formula is C18H22O4S. The van der Waals surface area contributed by atoms with Crippen LogP contribution in [0.25, 0.3) is 0 Å². The van der Waals surface area contributed by atoms with E-state index in [0.29, 0.717) is 0 Å². The molecule has 2 aliphatic heterocycles. The number of benzene rings is 1. The van der Waals surface area contributed by atoms with Gasteiger partial charge in [0.1, 0.15) is 11.5 Å². The predicted molar refractivity (Wildman–Crippen MR) is 89.2 cm³/mol. The van der Waals surface area contributed by atoms with E-state index in [1.165, 1.54) is 4.90 Å². The van der Waals surface area contributed by atoms with E-state index in [2.05, 4.69) is 12.1 Å². The van der Waals surface area contributed by atoms with Crippen LogP contribution in [0.1, 0.15) is 26.7 Å². The molecular weight excluding hydrogens is 312 g/mol. The normalized spacial score (nSPS) is 34.5. The summed E-state index contributed by atoms with van der Waals surface area (Å²) in [5.74, 6) is -0.0166. The Morgan fingerprint density at radius 3 is 2.61 bits per heavy atom. The van der Waals surface area contributed by atoms with E-state index < -0.39 is 12.4 Å². The molecule has 5 atom stereocenters. The van der Waals surface area contributed by atoms with Gasteiger partial charge in [-0.3, -0.25) is 4.79 Å². The van der Waals surface area contributed by atoms with E-state index in [9.17, 15) is 4.79 Å². The maximum atomic E-state index is 11.4. The van der Waals surface area contributed by atoms with Crippen molar-refractivity contribution in [3.8, 4) is 0 Å². The number of thioether (sulfide) groups is 1. The molecule has 124 valence electrons. The summed E-state index contributed by atoms with van der Waals surface area (Å²) in [4.78, 5) is 12.6. The molecule has 1 saturated heterocycles. The highest BCUT2D eigenvalue weighted by Gasteiger charge is 2.32. The lowest BCUT2D eigenvalue weighted by molar-refractivity contribution is -0.207. The van der Waals surface area contributed by atoms with Gasteiger partial charge in [0.05, 0.1) is 12.2 Å². The average Bonchev–Trinajstić information content (AvgIpc) is 2.54. The largest absolute Gasteiger partial charge is 0.362 e. The average molecular weight is 334 g/mol. The van der Waals surface area contributed by atoms with E-state index in [0.717, 1.165) is 12.8 Å². The molecule has 0 unspecified atom stereocenters. The van der Waals surface area contributed by atoms with Gasteiger partial charge in [0.2, 0.25) is 0 Å². The molecule has 3 rings (SSSR count). The van der Waals surface area contributed by atoms with Crippen molar-refractivity contribution in [1.82, 2.24) is 0 Å². The summed E-state index contributed by atoms with van der Waals surface area (Å²) in [6.45, 7) is 3.78. The highest BCUT2D eigenvalue weighted by atomic mass is 32.2. The van der Waals surface area contributed by atoms with Gasteiger partial charge in [0, 0.05) is 4.90 Å². The lowest BCUT2D eigenvalue weighted by Crippen LogP contribution is -2.41. The van der Waals surface area contributed by atoms with Crippen LogP contribution in [0, 0.1) is 0 Å². The van der Waals surface area contributed by atoms with Crippen LogP contribution in [0.5, 0.6) is 0 Å². The summed E-state index contributed by atoms with van der Waals surface area (Å²) in [7, 11) is 0. The zero-order chi connectivity index (χ0) is 16.2. The molecule has 23 heavy (non-hydrogen) atoms. The lowest BCUT2D eigenvalue weighted by Gasteiger charge is -2.36. The van der Waals surface area contributed by atoms with Crippen molar-refractivity contribution in [2.75, 3.05) is 0 Å². The van der Waals surface area contributed by atoms with E-state index in [4.69, 9.17) is 14.2 Å². The second kappa shape index (κ2) is 7.62. The molecule has 0 radical (unpaired) electrons. The van der Waals surface area contributed by atoms with Crippen molar-refractivity contribution in [2.24, 2.45) is 0 Å². The summed E-state index contributed by atoms with van der Waals surface area (Å²) in [5, 5.41) is 0. The second-order valence-electron chi connectivity index (χ2n) is 5.86. The van der Waals surface area contributed by atoms with Gasteiger partial charge in [-0.05, 0) is 51.0 Å². The number of hydrogen-bond acceptors (Lipinski definition) is 5. The molecule has 0 N–H and O–H groups in total. The quantitative estimate of drug-likeness (QED) is 0.842. The maximum absolute atomic E-state index is 11.4. The molecule has 1 aromatic carbocycles. The fourth-order valence-electron chi connectivity index (χ4n) is 2.72. The minimum Gasteiger partial charge on any atom is -0.362 e. The molecule has 1 aromatic rings. The van der Waals surface area contributed by atoms with Gasteiger partial charge in [-0.2, -0.15) is 0 Å². The first-order valence-corrected chi connectivity index (χ1v) is 8.90. The molecule has 2 heterocycles. The van der Waals surface area contributed by atoms with Crippen LogP contribution in [0.2, 0.25) is 0 Å². The molecule has 0 saturated carbocycles. The Kier molecular flexibility index (Phi) is 5.54. The Morgan fingerprint density at radius 1 is 1.13 bits per heavy atom. The summed E-state index contributed by atoms with van der Waals surface area (Å²) in [5.41, 5.74) is 0.149. The van der Waals surface area contributed by atoms with E-state index in [1.54, 1.807) is 30.8 Å². The first kappa shape index (κ1) is 16.7. The van der Waals surface area contributed by atoms with Crippen LogP contribution in [0.4, 0.5) is 0 Å². The van der Waals surface area contributed by atoms with E-state index in [-0.39, 0.29) is 23.4 Å². The zero-order valence-corrected chi connectivity index (χ0v) is 14.2. The molecule has 0 spiro atoms. The number of ether oxygens (including phenoxy) is 3. The van der Waals surface area contributed by atoms with Crippen molar-refractivity contribution in [3.05, 3.63) is 42.5 Å². The van der Waals surface area contributed by atoms with E-state index in [1.807, 2.05) is 25.1 Å². The van der Waals surface area contributed by atoms with Crippen molar-refractivity contribution in [2.45, 2.75) is 61.6 Å². The summed E-state index contributed by atoms with van der Waals surface area (Å²) >= 11 is 1.75. The van der Waals surface area contributed by atoms with Crippen LogP contribution in [0.3, 0.4) is 0 Å². The van der Waals surface area contributed by atoms with Crippen LogP contribution in [-0.2, 0) is 19.0 Å². The molecule has 1 fully saturated rings. The Balaban J connectivity index is 1.51. The second-order valence-corrected chi connectivity index (χ2v) is 7.09. The number of ketones is 1. The molecule has 0 bridgehead atoms. The molecule has 0 amide bonds. The van der Waals surface area contributed by atoms with Gasteiger partial charge >= 0.3 is 0 Å². The fraction of sp³-hybridized carbons (Fsp3) is 0.500. The first-order chi connectivity index (χ1) is 11.1. The van der Waals surface area contributed by atoms with Gasteiger partial charge in [-0.25, -0.2) is 0 Å². The monoisotopic (exact) mass is 334 g/mol. The Hall–Kier alpha value is -1.14. The molecule has 0 aliphatic carbocycles. The van der Waals surface area contributed by atoms with Crippen LogP contribution in [-0.4, -0.2) is 35.8 Å². The Morgan fingerprint density at radius 2 is 1.91 bits per heavy atom. The third kappa shape index (κ3) is 4.44. The van der Waals surface area contributed by atoms with Gasteiger partial charge in [0.25, 0.3) is 0 Å². The minimum atomic E-state index is -0.461. The summed E-state index contributed by atoms with van der Waals surface area (Å²) in [6, 6.07) is 10.3. The van der Waals surface area contributed by atoms with Gasteiger partial charge in [-0.15, -0.1) is 0 Å². The fourth-order valence-corrected chi connectivity index (χ4v) is 3.82. The lowest BCUT2D eigenvalue weighted by atomic mass is 10.1. The summed E-state index contributed by atoms with van der Waals surface area (Å²) in [6.07, 6.45) is 4.15. The van der Waals surface area contributed by atoms with Crippen molar-refractivity contribution in [1.29, 1.82) is 0 Å². The topological polar surface area (TPSA) is 44.8 Å². The van der Waals surface area contributed by atoms with Gasteiger partial charge < -0.3 is 14.2 Å². The molecule has 0 aromatic heterocycles. The standard InChI is InChI=1S/C18H22O4S/c1-12-15(19)8-10-17(20-12)22-16-9-11-18(21-13(16)2)23-14-6-4-3-5-7-14/h3-8,10,12-13,16-18H,9,11H2,1-2H3/t12-,13-,16-,17-,18-/m0/s1. The number of carbonyl (C=O) groups is 1. The third-order valence-corrected chi connectivity index (χ3v) is 5.21. The van der Waals surface area contributed by atoms with Crippen molar-refractivity contribution < 1.29 is 19.0 Å². The van der Waals surface area contributed by atoms with Crippen molar-refractivity contribution >= 4 is 17.5 Å². The van der Waals surface area contributed by atoms with Gasteiger partial charge in [0.15, 0.2) is 12.1 Å². The van der Waals surface area contributed by atoms with Crippen LogP contribution < -0.4 is 0 Å². The molecule has 2 aliphatic rings. The first-order valence-electron chi connectivity index (χ1n) is 8.02. The highest BCUT2D eigenvalue weighted by Crippen LogP contribution is 2.34. The van der Waals surface area contributed by atoms with E-state index >= 15 is 0 Å². The SMILES string of the molecule is C[C@@H]1O[C@@H](O[C@H]2CC[C@H](Sc3ccccc3)O[C@H]2C)C=CC1=O. The number of rotatable bonds is 4. The number of hydrogen-bond donors (Lipinski definition) is 0. The Bertz CT molecular complexity index is 559. The zero-order valence-electron chi connectivity index (χ0n) is 13.4. The van der Waals surface area contributed by atoms with Gasteiger partial charge in [-0.1, -0.05) is 30.0 Å². The van der Waals surface area contributed by atoms with Crippen LogP contribution in [0.15, 0.2) is 47.4 Å². The summed E-state index contributed by atoms with van der Waals surface area (Å²) < 4.78 is 17.6. The third-order valence-electron chi connectivity index (χ3n) is 4.05. The minimum absolute atomic E-state index is 0.00473. The number of carbonyl (C=O) groups excluding carboxylic acids is 1. The molecule has 4 nitrogen and oxygen atoms in total. The predicted octanol–water partition coefficient (Wildman–Crippen LogP) is 3.56. The van der Waals surface area contributed by atoms with Crippen LogP contribution >= 0.6 is 11.8 Å². The maximum Gasteiger partial charge on any atom is 0.184 e. The highest BCUT2D eigenvalue weighted by molar-refractivity contribution is 7.99. The smallest absolute Gasteiger partial charge is 0.184 e. The Labute approximate surface area is 141 Å². The van der Waals surface area contributed by atoms with Crippen molar-refractivity contribution in [3.63, 3.8) is 0 Å². The molecule has 5 heteroatoms.